The fourth-order valence-electron chi connectivity index (χ4n) is 2.82. The largest absolute Gasteiger partial charge is 0.357 e. The summed E-state index contributed by atoms with van der Waals surface area (Å²) in [6.45, 7) is 1.77. The van der Waals surface area contributed by atoms with Gasteiger partial charge < -0.3 is 10.6 Å². The van der Waals surface area contributed by atoms with E-state index >= 15 is 0 Å². The number of nitro benzene ring substituents is 1. The van der Waals surface area contributed by atoms with E-state index in [9.17, 15) is 14.9 Å². The van der Waals surface area contributed by atoms with Gasteiger partial charge in [0.05, 0.1) is 4.92 Å². The number of hydrogen-bond acceptors (Lipinski definition) is 8. The van der Waals surface area contributed by atoms with Crippen molar-refractivity contribution >= 4 is 45.5 Å². The van der Waals surface area contributed by atoms with Gasteiger partial charge in [-0.3, -0.25) is 14.9 Å². The van der Waals surface area contributed by atoms with E-state index in [1.165, 1.54) is 29.2 Å². The first-order valence-electron chi connectivity index (χ1n) is 9.37. The van der Waals surface area contributed by atoms with Crippen LogP contribution in [0.1, 0.15) is 29.2 Å². The second-order valence-electron chi connectivity index (χ2n) is 6.97. The molecule has 0 saturated heterocycles. The number of carbonyl (C=O) groups excluding carboxylic acids is 1. The van der Waals surface area contributed by atoms with E-state index < -0.39 is 10.2 Å². The molecule has 2 aromatic carbocycles. The Hall–Kier alpha value is -2.98. The highest BCUT2D eigenvalue weighted by Crippen LogP contribution is 2.40. The predicted molar refractivity (Wildman–Crippen MR) is 118 cm³/mol. The lowest BCUT2D eigenvalue weighted by Crippen LogP contribution is -2.19. The van der Waals surface area contributed by atoms with E-state index in [0.29, 0.717) is 10.4 Å². The second kappa shape index (κ2) is 8.80. The van der Waals surface area contributed by atoms with Gasteiger partial charge in [0.2, 0.25) is 11.0 Å². The minimum absolute atomic E-state index is 0.132. The number of nitrogens with one attached hydrogen (secondary N) is 2. The first-order chi connectivity index (χ1) is 14.5. The van der Waals surface area contributed by atoms with Gasteiger partial charge in [-0.2, -0.15) is 0 Å². The topological polar surface area (TPSA) is 110 Å². The number of carbonyl (C=O) groups is 1. The number of amides is 1. The van der Waals surface area contributed by atoms with Gasteiger partial charge in [-0.05, 0) is 37.0 Å². The zero-order valence-corrected chi connectivity index (χ0v) is 17.7. The van der Waals surface area contributed by atoms with Gasteiger partial charge in [-0.1, -0.05) is 59.5 Å². The lowest BCUT2D eigenvalue weighted by molar-refractivity contribution is -0.384. The molecule has 0 radical (unpaired) electrons. The molecule has 1 saturated carbocycles. The van der Waals surface area contributed by atoms with Gasteiger partial charge in [0.15, 0.2) is 4.34 Å². The quantitative estimate of drug-likeness (QED) is 0.293. The van der Waals surface area contributed by atoms with E-state index in [1.807, 2.05) is 30.3 Å². The van der Waals surface area contributed by atoms with E-state index in [2.05, 4.69) is 20.8 Å². The number of aryl methyl sites for hydroxylation is 1. The van der Waals surface area contributed by atoms with Gasteiger partial charge in [-0.25, -0.2) is 0 Å². The molecule has 1 heterocycles. The number of nitrogens with zero attached hydrogens (tertiary/aromatic N) is 3. The number of nitro groups is 1. The third-order valence-electron chi connectivity index (χ3n) is 4.48. The van der Waals surface area contributed by atoms with Gasteiger partial charge in [-0.15, -0.1) is 10.2 Å². The molecule has 0 aliphatic heterocycles. The number of benzene rings is 2. The highest BCUT2D eigenvalue weighted by Gasteiger charge is 2.27. The summed E-state index contributed by atoms with van der Waals surface area (Å²) < 4.78 is 0.653. The summed E-state index contributed by atoms with van der Waals surface area (Å²) in [5, 5.41) is 25.9. The van der Waals surface area contributed by atoms with Crippen LogP contribution in [0.25, 0.3) is 0 Å². The van der Waals surface area contributed by atoms with Gasteiger partial charge in [0.1, 0.15) is 10.9 Å². The van der Waals surface area contributed by atoms with Crippen LogP contribution in [-0.4, -0.2) is 27.1 Å². The van der Waals surface area contributed by atoms with Crippen LogP contribution in [0.2, 0.25) is 0 Å². The first-order valence-corrected chi connectivity index (χ1v) is 11.1. The number of anilines is 2. The minimum Gasteiger partial charge on any atom is -0.357 e. The third kappa shape index (κ3) is 4.95. The summed E-state index contributed by atoms with van der Waals surface area (Å²) >= 11 is 2.68. The Labute approximate surface area is 181 Å². The molecular formula is C20H19N5O3S2. The molecule has 1 amide bonds. The van der Waals surface area contributed by atoms with E-state index in [0.717, 1.165) is 29.1 Å². The SMILES string of the molecule is Cc1ccc(NC(=O)C(Sc2nnc(NC3CC3)s2)c2ccccc2)c([N+](=O)[O-])c1. The van der Waals surface area contributed by atoms with E-state index in [1.54, 1.807) is 19.1 Å². The van der Waals surface area contributed by atoms with Crippen LogP contribution < -0.4 is 10.6 Å². The fourth-order valence-corrected chi connectivity index (χ4v) is 4.84. The molecule has 1 atom stereocenters. The molecule has 1 aromatic heterocycles. The molecule has 30 heavy (non-hydrogen) atoms. The number of rotatable bonds is 8. The Kier molecular flexibility index (Phi) is 5.96. The van der Waals surface area contributed by atoms with Gasteiger partial charge >= 0.3 is 0 Å². The molecule has 1 aliphatic carbocycles. The highest BCUT2D eigenvalue weighted by atomic mass is 32.2. The summed E-state index contributed by atoms with van der Waals surface area (Å²) in [6, 6.07) is 14.5. The summed E-state index contributed by atoms with van der Waals surface area (Å²) in [6.07, 6.45) is 2.26. The van der Waals surface area contributed by atoms with Crippen molar-refractivity contribution in [2.75, 3.05) is 10.6 Å². The van der Waals surface area contributed by atoms with E-state index in [4.69, 9.17) is 0 Å². The molecule has 0 spiro atoms. The highest BCUT2D eigenvalue weighted by molar-refractivity contribution is 8.02. The van der Waals surface area contributed by atoms with Gasteiger partial charge in [0, 0.05) is 12.1 Å². The third-order valence-corrected chi connectivity index (χ3v) is 6.67. The number of aromatic nitrogens is 2. The summed E-state index contributed by atoms with van der Waals surface area (Å²) in [5.41, 5.74) is 1.57. The van der Waals surface area contributed by atoms with Crippen LogP contribution in [-0.2, 0) is 4.79 Å². The zero-order valence-electron chi connectivity index (χ0n) is 16.1. The molecule has 154 valence electrons. The average molecular weight is 442 g/mol. The zero-order chi connectivity index (χ0) is 21.1. The number of thioether (sulfide) groups is 1. The lowest BCUT2D eigenvalue weighted by atomic mass is 10.1. The van der Waals surface area contributed by atoms with Crippen molar-refractivity contribution in [2.24, 2.45) is 0 Å². The summed E-state index contributed by atoms with van der Waals surface area (Å²) in [7, 11) is 0. The first kappa shape index (κ1) is 20.3. The van der Waals surface area contributed by atoms with Crippen LogP contribution in [0.15, 0.2) is 52.9 Å². The molecule has 10 heteroatoms. The second-order valence-corrected chi connectivity index (χ2v) is 9.30. The van der Waals surface area contributed by atoms with Crippen LogP contribution in [0.3, 0.4) is 0 Å². The maximum Gasteiger partial charge on any atom is 0.293 e. The standard InChI is InChI=1S/C20H19N5O3S2/c1-12-7-10-15(16(11-12)25(27)28)22-18(26)17(13-5-3-2-4-6-13)29-20-24-23-19(30-20)21-14-8-9-14/h2-7,10-11,14,17H,8-9H2,1H3,(H,21,23)(H,22,26). The molecule has 3 aromatic rings. The van der Waals surface area contributed by atoms with Crippen molar-refractivity contribution in [3.63, 3.8) is 0 Å². The Bertz CT molecular complexity index is 1070. The Balaban J connectivity index is 1.57. The van der Waals surface area contributed by atoms with Crippen molar-refractivity contribution in [1.29, 1.82) is 0 Å². The van der Waals surface area contributed by atoms with Crippen LogP contribution in [0.4, 0.5) is 16.5 Å². The molecule has 8 nitrogen and oxygen atoms in total. The lowest BCUT2D eigenvalue weighted by Gasteiger charge is -2.15. The van der Waals surface area contributed by atoms with Crippen molar-refractivity contribution in [3.05, 3.63) is 69.8 Å². The molecule has 0 bridgehead atoms. The molecule has 1 aliphatic rings. The van der Waals surface area contributed by atoms with Crippen LogP contribution in [0, 0.1) is 17.0 Å². The fraction of sp³-hybridized carbons (Fsp3) is 0.250. The Morgan fingerprint density at radius 2 is 2.00 bits per heavy atom. The maximum absolute atomic E-state index is 13.2. The van der Waals surface area contributed by atoms with Crippen molar-refractivity contribution in [3.8, 4) is 0 Å². The monoisotopic (exact) mass is 441 g/mol. The van der Waals surface area contributed by atoms with Crippen molar-refractivity contribution < 1.29 is 9.72 Å². The normalized spacial score (nSPS) is 14.2. The minimum atomic E-state index is -0.631. The summed E-state index contributed by atoms with van der Waals surface area (Å²) in [5.74, 6) is -0.356. The maximum atomic E-state index is 13.2. The molecular weight excluding hydrogens is 422 g/mol. The Morgan fingerprint density at radius 1 is 1.23 bits per heavy atom. The summed E-state index contributed by atoms with van der Waals surface area (Å²) in [4.78, 5) is 24.1. The van der Waals surface area contributed by atoms with Crippen LogP contribution >= 0.6 is 23.1 Å². The number of hydrogen-bond donors (Lipinski definition) is 2. The molecule has 4 rings (SSSR count). The Morgan fingerprint density at radius 3 is 2.70 bits per heavy atom. The van der Waals surface area contributed by atoms with Crippen molar-refractivity contribution in [2.45, 2.75) is 35.4 Å². The molecule has 1 unspecified atom stereocenters. The van der Waals surface area contributed by atoms with Gasteiger partial charge in [0.25, 0.3) is 5.69 Å². The average Bonchev–Trinajstić information content (AvgIpc) is 3.44. The van der Waals surface area contributed by atoms with Crippen molar-refractivity contribution in [1.82, 2.24) is 10.2 Å². The van der Waals surface area contributed by atoms with E-state index in [-0.39, 0.29) is 17.3 Å². The predicted octanol–water partition coefficient (Wildman–Crippen LogP) is 4.80. The smallest absolute Gasteiger partial charge is 0.293 e. The van der Waals surface area contributed by atoms with Crippen LogP contribution in [0.5, 0.6) is 0 Å². The molecule has 2 N–H and O–H groups in total. The molecule has 1 fully saturated rings.